The van der Waals surface area contributed by atoms with Crippen LogP contribution in [0.2, 0.25) is 0 Å². The summed E-state index contributed by atoms with van der Waals surface area (Å²) in [5.74, 6) is 2.09. The van der Waals surface area contributed by atoms with Gasteiger partial charge in [0.2, 0.25) is 16.0 Å². The molecule has 2 N–H and O–H groups in total. The van der Waals surface area contributed by atoms with Crippen molar-refractivity contribution < 1.29 is 17.9 Å². The van der Waals surface area contributed by atoms with E-state index >= 15 is 0 Å². The summed E-state index contributed by atoms with van der Waals surface area (Å²) < 4.78 is 36.7. The predicted octanol–water partition coefficient (Wildman–Crippen LogP) is 6.46. The Morgan fingerprint density at radius 3 is 2.37 bits per heavy atom. The highest BCUT2D eigenvalue weighted by Gasteiger charge is 2.28. The fraction of sp³-hybridized carbons (Fsp3) is 0.647. The molecule has 1 aliphatic carbocycles. The molecule has 0 spiro atoms. The number of rotatable bonds is 11. The number of nitrogens with zero attached hydrogens (tertiary/aromatic N) is 5. The van der Waals surface area contributed by atoms with Gasteiger partial charge in [0.15, 0.2) is 5.65 Å². The Bertz CT molecular complexity index is 1570. The lowest BCUT2D eigenvalue weighted by atomic mass is 9.83. The Morgan fingerprint density at radius 1 is 1.02 bits per heavy atom. The average molecular weight is 654 g/mol. The van der Waals surface area contributed by atoms with E-state index in [1.54, 1.807) is 17.0 Å². The van der Waals surface area contributed by atoms with E-state index in [4.69, 9.17) is 14.8 Å². The van der Waals surface area contributed by atoms with Gasteiger partial charge in [-0.2, -0.15) is 10.1 Å². The lowest BCUT2D eigenvalue weighted by molar-refractivity contribution is 0.0185. The SMILES string of the molecule is CCCCNc1ncc2c(-c3ccc(S(=O)(=O)NCC4CCN(C(=O)OC(C)(C)C)CC4)cc3)nn(CC3CCC(C)CC3)c2n1. The number of hydrogen-bond acceptors (Lipinski definition) is 8. The first-order valence-electron chi connectivity index (χ1n) is 17.0. The molecule has 3 heterocycles. The van der Waals surface area contributed by atoms with E-state index in [9.17, 15) is 13.2 Å². The normalized spacial score (nSPS) is 19.8. The number of nitrogens with one attached hydrogen (secondary N) is 2. The number of aromatic nitrogens is 4. The second kappa shape index (κ2) is 14.7. The maximum absolute atomic E-state index is 13.2. The van der Waals surface area contributed by atoms with Crippen molar-refractivity contribution in [1.82, 2.24) is 29.4 Å². The Kier molecular flexibility index (Phi) is 10.9. The predicted molar refractivity (Wildman–Crippen MR) is 181 cm³/mol. The van der Waals surface area contributed by atoms with Crippen molar-refractivity contribution in [2.24, 2.45) is 17.8 Å². The van der Waals surface area contributed by atoms with Crippen LogP contribution in [0.3, 0.4) is 0 Å². The van der Waals surface area contributed by atoms with Crippen LogP contribution in [-0.4, -0.2) is 70.9 Å². The number of carbonyl (C=O) groups is 1. The van der Waals surface area contributed by atoms with Crippen LogP contribution in [0.15, 0.2) is 35.4 Å². The van der Waals surface area contributed by atoms with Gasteiger partial charge in [0.25, 0.3) is 0 Å². The number of amides is 1. The van der Waals surface area contributed by atoms with Gasteiger partial charge in [-0.1, -0.05) is 45.2 Å². The molecule has 46 heavy (non-hydrogen) atoms. The third-order valence-corrected chi connectivity index (χ3v) is 10.6. The zero-order valence-corrected chi connectivity index (χ0v) is 28.9. The van der Waals surface area contributed by atoms with Crippen molar-refractivity contribution in [2.45, 2.75) is 103 Å². The third-order valence-electron chi connectivity index (χ3n) is 9.14. The van der Waals surface area contributed by atoms with Gasteiger partial charge in [-0.25, -0.2) is 27.6 Å². The summed E-state index contributed by atoms with van der Waals surface area (Å²) in [6.07, 6.45) is 9.94. The van der Waals surface area contributed by atoms with E-state index < -0.39 is 15.6 Å². The first kappa shape index (κ1) is 34.1. The number of fused-ring (bicyclic) bond motifs is 1. The highest BCUT2D eigenvalue weighted by molar-refractivity contribution is 7.89. The van der Waals surface area contributed by atoms with Crippen LogP contribution in [0.25, 0.3) is 22.3 Å². The highest BCUT2D eigenvalue weighted by atomic mass is 32.2. The van der Waals surface area contributed by atoms with E-state index in [2.05, 4.69) is 28.9 Å². The van der Waals surface area contributed by atoms with E-state index in [-0.39, 0.29) is 16.9 Å². The van der Waals surface area contributed by atoms with Crippen molar-refractivity contribution in [1.29, 1.82) is 0 Å². The molecule has 0 unspecified atom stereocenters. The van der Waals surface area contributed by atoms with Crippen molar-refractivity contribution in [3.05, 3.63) is 30.5 Å². The first-order valence-corrected chi connectivity index (χ1v) is 18.5. The Labute approximate surface area is 273 Å². The molecule has 11 nitrogen and oxygen atoms in total. The van der Waals surface area contributed by atoms with Crippen LogP contribution in [0.5, 0.6) is 0 Å². The van der Waals surface area contributed by atoms with Crippen molar-refractivity contribution in [2.75, 3.05) is 31.5 Å². The molecule has 252 valence electrons. The Hall–Kier alpha value is -3.25. The zero-order chi connectivity index (χ0) is 32.9. The number of unbranched alkanes of at least 4 members (excludes halogenated alkanes) is 1. The summed E-state index contributed by atoms with van der Waals surface area (Å²) in [5.41, 5.74) is 1.85. The third kappa shape index (κ3) is 8.76. The summed E-state index contributed by atoms with van der Waals surface area (Å²) in [4.78, 5) is 23.7. The molecule has 2 aliphatic rings. The molecule has 1 aromatic carbocycles. The first-order chi connectivity index (χ1) is 21.9. The largest absolute Gasteiger partial charge is 0.444 e. The maximum Gasteiger partial charge on any atom is 0.410 e. The quantitative estimate of drug-likeness (QED) is 0.226. The molecule has 0 radical (unpaired) electrons. The molecule has 0 atom stereocenters. The number of carbonyl (C=O) groups excluding carboxylic acids is 1. The molecule has 1 saturated heterocycles. The van der Waals surface area contributed by atoms with Crippen LogP contribution in [0.4, 0.5) is 10.7 Å². The second-order valence-electron chi connectivity index (χ2n) is 14.2. The number of piperidine rings is 1. The molecule has 1 saturated carbocycles. The number of likely N-dealkylation sites (tertiary alicyclic amines) is 1. The lowest BCUT2D eigenvalue weighted by Crippen LogP contribution is -2.43. The number of anilines is 1. The van der Waals surface area contributed by atoms with Crippen LogP contribution in [0, 0.1) is 17.8 Å². The minimum atomic E-state index is -3.70. The molecule has 5 rings (SSSR count). The topological polar surface area (TPSA) is 131 Å². The van der Waals surface area contributed by atoms with Gasteiger partial charge in [-0.05, 0) is 82.8 Å². The van der Waals surface area contributed by atoms with Gasteiger partial charge in [-0.15, -0.1) is 0 Å². The van der Waals surface area contributed by atoms with Crippen molar-refractivity contribution in [3.8, 4) is 11.3 Å². The fourth-order valence-electron chi connectivity index (χ4n) is 6.27. The molecule has 3 aromatic rings. The summed E-state index contributed by atoms with van der Waals surface area (Å²) in [5, 5.41) is 9.22. The van der Waals surface area contributed by atoms with Crippen LogP contribution < -0.4 is 10.0 Å². The van der Waals surface area contributed by atoms with Gasteiger partial charge in [0.05, 0.1) is 10.3 Å². The van der Waals surface area contributed by atoms with Crippen molar-refractivity contribution >= 4 is 33.1 Å². The molecule has 0 bridgehead atoms. The van der Waals surface area contributed by atoms with Gasteiger partial charge in [0, 0.05) is 44.5 Å². The molecule has 1 aliphatic heterocycles. The maximum atomic E-state index is 13.2. The van der Waals surface area contributed by atoms with Gasteiger partial charge >= 0.3 is 6.09 Å². The molecule has 1 amide bonds. The number of hydrogen-bond donors (Lipinski definition) is 2. The molecular formula is C34H51N7O4S. The van der Waals surface area contributed by atoms with E-state index in [0.717, 1.165) is 54.1 Å². The number of ether oxygens (including phenoxy) is 1. The van der Waals surface area contributed by atoms with Crippen molar-refractivity contribution in [3.63, 3.8) is 0 Å². The van der Waals surface area contributed by atoms with Gasteiger partial charge in [-0.3, -0.25) is 0 Å². The van der Waals surface area contributed by atoms with E-state index in [1.807, 2.05) is 43.8 Å². The number of sulfonamides is 1. The van der Waals surface area contributed by atoms with Gasteiger partial charge < -0.3 is 15.0 Å². The minimum Gasteiger partial charge on any atom is -0.444 e. The lowest BCUT2D eigenvalue weighted by Gasteiger charge is -2.33. The monoisotopic (exact) mass is 653 g/mol. The molecular weight excluding hydrogens is 602 g/mol. The fourth-order valence-corrected chi connectivity index (χ4v) is 7.38. The summed E-state index contributed by atoms with van der Waals surface area (Å²) >= 11 is 0. The molecule has 2 aromatic heterocycles. The zero-order valence-electron chi connectivity index (χ0n) is 28.1. The smallest absolute Gasteiger partial charge is 0.410 e. The minimum absolute atomic E-state index is 0.150. The Balaban J connectivity index is 1.26. The molecule has 2 fully saturated rings. The van der Waals surface area contributed by atoms with Crippen LogP contribution in [0.1, 0.15) is 86.0 Å². The Morgan fingerprint density at radius 2 is 1.72 bits per heavy atom. The molecule has 12 heteroatoms. The highest BCUT2D eigenvalue weighted by Crippen LogP contribution is 2.33. The summed E-state index contributed by atoms with van der Waals surface area (Å²) in [6, 6.07) is 6.90. The van der Waals surface area contributed by atoms with Crippen LogP contribution in [-0.2, 0) is 21.3 Å². The van der Waals surface area contributed by atoms with Gasteiger partial charge in [0.1, 0.15) is 11.3 Å². The van der Waals surface area contributed by atoms with Crippen LogP contribution >= 0.6 is 0 Å². The van der Waals surface area contributed by atoms with E-state index in [0.29, 0.717) is 44.3 Å². The number of benzene rings is 1. The average Bonchev–Trinajstić information content (AvgIpc) is 3.38. The van der Waals surface area contributed by atoms with E-state index in [1.165, 1.54) is 25.7 Å². The standard InChI is InChI=1S/C34H51N7O4S/c1-6-7-18-35-32-36-22-29-30(39-41(31(29)38-32)23-26-10-8-24(2)9-11-26)27-12-14-28(15-13-27)46(43,44)37-21-25-16-19-40(20-17-25)33(42)45-34(3,4)5/h12-15,22,24-26,37H,6-11,16-21,23H2,1-5H3,(H,35,36,38). The summed E-state index contributed by atoms with van der Waals surface area (Å²) in [7, 11) is -3.70. The summed E-state index contributed by atoms with van der Waals surface area (Å²) in [6.45, 7) is 13.1. The second-order valence-corrected chi connectivity index (χ2v) is 15.9.